The van der Waals surface area contributed by atoms with E-state index in [1.807, 2.05) is 19.1 Å². The summed E-state index contributed by atoms with van der Waals surface area (Å²) in [6.45, 7) is 1.96. The molecule has 0 aromatic heterocycles. The highest BCUT2D eigenvalue weighted by atomic mass is 31.1. The van der Waals surface area contributed by atoms with Crippen molar-refractivity contribution in [1.29, 1.82) is 0 Å². The van der Waals surface area contributed by atoms with Gasteiger partial charge in [-0.1, -0.05) is 12.2 Å². The Morgan fingerprint density at radius 3 is 2.86 bits per heavy atom. The van der Waals surface area contributed by atoms with Gasteiger partial charge in [0.2, 0.25) is 0 Å². The van der Waals surface area contributed by atoms with Crippen LogP contribution < -0.4 is 0 Å². The zero-order valence-corrected chi connectivity index (χ0v) is 5.32. The van der Waals surface area contributed by atoms with E-state index in [9.17, 15) is 4.57 Å². The van der Waals surface area contributed by atoms with Gasteiger partial charge >= 0.3 is 0 Å². The maximum absolute atomic E-state index is 9.74. The average Bonchev–Trinajstić information content (AvgIpc) is 1.69. The Morgan fingerprint density at radius 1 is 1.71 bits per heavy atom. The summed E-state index contributed by atoms with van der Waals surface area (Å²) in [7, 11) is 0.253. The lowest BCUT2D eigenvalue weighted by Crippen LogP contribution is -1.63. The van der Waals surface area contributed by atoms with Gasteiger partial charge in [-0.3, -0.25) is 4.57 Å². The molecule has 0 fully saturated rings. The van der Waals surface area contributed by atoms with Crippen molar-refractivity contribution >= 4 is 8.46 Å². The van der Waals surface area contributed by atoms with Crippen molar-refractivity contribution in [2.75, 3.05) is 6.16 Å². The number of hydrogen-bond acceptors (Lipinski definition) is 1. The Bertz CT molecular complexity index is 68.5. The van der Waals surface area contributed by atoms with E-state index >= 15 is 0 Å². The molecule has 0 unspecified atom stereocenters. The Balaban J connectivity index is 2.82. The smallest absolute Gasteiger partial charge is 0.155 e. The highest BCUT2D eigenvalue weighted by molar-refractivity contribution is 7.23. The molecule has 0 saturated heterocycles. The molecular weight excluding hydrogens is 107 g/mol. The molecule has 0 aromatic carbocycles. The number of rotatable bonds is 3. The largest absolute Gasteiger partial charge is 0.275 e. The van der Waals surface area contributed by atoms with E-state index in [0.717, 1.165) is 12.6 Å². The zero-order chi connectivity index (χ0) is 5.54. The topological polar surface area (TPSA) is 17.1 Å². The lowest BCUT2D eigenvalue weighted by molar-refractivity contribution is 0.598. The van der Waals surface area contributed by atoms with Crippen LogP contribution in [0, 0.1) is 0 Å². The summed E-state index contributed by atoms with van der Waals surface area (Å²) >= 11 is 0. The minimum Gasteiger partial charge on any atom is -0.275 e. The summed E-state index contributed by atoms with van der Waals surface area (Å²) in [6, 6.07) is 0. The van der Waals surface area contributed by atoms with Crippen LogP contribution in [0.15, 0.2) is 12.2 Å². The summed E-state index contributed by atoms with van der Waals surface area (Å²) in [5.41, 5.74) is 0. The van der Waals surface area contributed by atoms with E-state index < -0.39 is 0 Å². The molecular formula is C5H9OP. The second kappa shape index (κ2) is 5.84. The molecule has 40 valence electrons. The summed E-state index contributed by atoms with van der Waals surface area (Å²) in [4.78, 5) is 0. The van der Waals surface area contributed by atoms with Crippen LogP contribution in [-0.4, -0.2) is 6.16 Å². The fourth-order valence-corrected chi connectivity index (χ4v) is 0.548. The molecule has 0 spiro atoms. The van der Waals surface area contributed by atoms with Crippen LogP contribution in [0.4, 0.5) is 0 Å². The predicted molar refractivity (Wildman–Crippen MR) is 31.9 cm³/mol. The number of hydrogen-bond donors (Lipinski definition) is 0. The minimum atomic E-state index is 0.253. The summed E-state index contributed by atoms with van der Waals surface area (Å²) < 4.78 is 9.74. The van der Waals surface area contributed by atoms with Crippen LogP contribution in [0.25, 0.3) is 0 Å². The van der Waals surface area contributed by atoms with E-state index in [1.54, 1.807) is 0 Å². The van der Waals surface area contributed by atoms with Crippen LogP contribution in [0.3, 0.4) is 0 Å². The first kappa shape index (κ1) is 6.84. The van der Waals surface area contributed by atoms with Gasteiger partial charge in [0.25, 0.3) is 0 Å². The minimum absolute atomic E-state index is 0.253. The fourth-order valence-electron chi connectivity index (χ4n) is 0.294. The summed E-state index contributed by atoms with van der Waals surface area (Å²) in [6.07, 6.45) is 5.65. The van der Waals surface area contributed by atoms with Gasteiger partial charge in [0, 0.05) is 6.16 Å². The maximum atomic E-state index is 9.74. The predicted octanol–water partition coefficient (Wildman–Crippen LogP) is 2.24. The van der Waals surface area contributed by atoms with Crippen LogP contribution in [0.5, 0.6) is 0 Å². The molecule has 0 rings (SSSR count). The molecule has 0 saturated carbocycles. The van der Waals surface area contributed by atoms with E-state index in [2.05, 4.69) is 0 Å². The molecule has 0 radical (unpaired) electrons. The molecule has 0 aliphatic rings. The zero-order valence-electron chi connectivity index (χ0n) is 4.42. The third-order valence-corrected chi connectivity index (χ3v) is 1.06. The lowest BCUT2D eigenvalue weighted by atomic mass is 10.4. The molecule has 0 amide bonds. The van der Waals surface area contributed by atoms with E-state index in [0.29, 0.717) is 0 Å². The van der Waals surface area contributed by atoms with Crippen LogP contribution in [-0.2, 0) is 4.57 Å². The van der Waals surface area contributed by atoms with Gasteiger partial charge in [-0.05, 0) is 13.3 Å². The molecule has 0 N–H and O–H groups in total. The van der Waals surface area contributed by atoms with Gasteiger partial charge in [0.05, 0.1) is 0 Å². The fraction of sp³-hybridized carbons (Fsp3) is 0.600. The van der Waals surface area contributed by atoms with Gasteiger partial charge in [-0.15, -0.1) is 0 Å². The van der Waals surface area contributed by atoms with Gasteiger partial charge in [-0.25, -0.2) is 0 Å². The highest BCUT2D eigenvalue weighted by Crippen LogP contribution is 1.94. The van der Waals surface area contributed by atoms with Gasteiger partial charge in [0.1, 0.15) is 0 Å². The van der Waals surface area contributed by atoms with Crippen molar-refractivity contribution < 1.29 is 4.57 Å². The molecule has 2 heteroatoms. The van der Waals surface area contributed by atoms with Crippen molar-refractivity contribution in [3.63, 3.8) is 0 Å². The monoisotopic (exact) mass is 116 g/mol. The quantitative estimate of drug-likeness (QED) is 0.314. The molecule has 0 aromatic rings. The Hall–Kier alpha value is -0.160. The second-order valence-corrected chi connectivity index (χ2v) is 1.92. The SMILES string of the molecule is CC=CCCP=O. The first-order valence-electron chi connectivity index (χ1n) is 2.32. The van der Waals surface area contributed by atoms with E-state index in [4.69, 9.17) is 0 Å². The molecule has 0 bridgehead atoms. The second-order valence-electron chi connectivity index (χ2n) is 1.21. The van der Waals surface area contributed by atoms with Crippen molar-refractivity contribution in [3.8, 4) is 0 Å². The Labute approximate surface area is 45.6 Å². The van der Waals surface area contributed by atoms with Crippen LogP contribution in [0.1, 0.15) is 13.3 Å². The molecule has 1 nitrogen and oxygen atoms in total. The Morgan fingerprint density at radius 2 is 2.43 bits per heavy atom. The Kier molecular flexibility index (Phi) is 5.71. The van der Waals surface area contributed by atoms with E-state index in [1.165, 1.54) is 0 Å². The average molecular weight is 116 g/mol. The van der Waals surface area contributed by atoms with E-state index in [-0.39, 0.29) is 8.46 Å². The first-order valence-corrected chi connectivity index (χ1v) is 3.32. The third kappa shape index (κ3) is 5.84. The van der Waals surface area contributed by atoms with Gasteiger partial charge in [-0.2, -0.15) is 0 Å². The normalized spacial score (nSPS) is 11.0. The molecule has 0 heterocycles. The molecule has 0 aliphatic carbocycles. The van der Waals surface area contributed by atoms with Crippen molar-refractivity contribution in [3.05, 3.63) is 12.2 Å². The molecule has 7 heavy (non-hydrogen) atoms. The lowest BCUT2D eigenvalue weighted by Gasteiger charge is -1.74. The summed E-state index contributed by atoms with van der Waals surface area (Å²) in [5.74, 6) is 0. The van der Waals surface area contributed by atoms with Crippen molar-refractivity contribution in [2.24, 2.45) is 0 Å². The first-order chi connectivity index (χ1) is 3.41. The molecule has 0 aliphatic heterocycles. The number of allylic oxidation sites excluding steroid dienone is 2. The highest BCUT2D eigenvalue weighted by Gasteiger charge is 1.74. The van der Waals surface area contributed by atoms with Crippen LogP contribution >= 0.6 is 8.46 Å². The standard InChI is InChI=1S/C5H9OP/c1-2-3-4-5-7-6/h2-3H,4-5H2,1H3. The summed E-state index contributed by atoms with van der Waals surface area (Å²) in [5, 5.41) is 0. The third-order valence-electron chi connectivity index (χ3n) is 0.623. The van der Waals surface area contributed by atoms with Gasteiger partial charge in [0.15, 0.2) is 8.46 Å². The van der Waals surface area contributed by atoms with Crippen molar-refractivity contribution in [2.45, 2.75) is 13.3 Å². The van der Waals surface area contributed by atoms with Crippen molar-refractivity contribution in [1.82, 2.24) is 0 Å². The maximum Gasteiger partial charge on any atom is 0.155 e. The molecule has 0 atom stereocenters. The van der Waals surface area contributed by atoms with Crippen LogP contribution in [0.2, 0.25) is 0 Å². The van der Waals surface area contributed by atoms with Gasteiger partial charge < -0.3 is 0 Å².